The average molecular weight is 378 g/mol. The number of nitrogens with zero attached hydrogens (tertiary/aromatic N) is 4. The van der Waals surface area contributed by atoms with Gasteiger partial charge in [0.25, 0.3) is 0 Å². The molecule has 1 aromatic heterocycles. The number of fused-ring (bicyclic) bond motifs is 1. The fourth-order valence-corrected chi connectivity index (χ4v) is 2.90. The van der Waals surface area contributed by atoms with Gasteiger partial charge in [-0.25, -0.2) is 0 Å². The molecule has 0 amide bonds. The largest absolute Gasteiger partial charge is 0.490 e. The molecule has 3 aromatic rings. The standard InChI is InChI=1S/C20H22N6O2/c1-21-20(24-15-8-9-17-18(12-15)28-11-5-10-27-17)22-13-19-25-23-14-26(19)16-6-3-2-4-7-16/h2-4,6-9,12,14H,5,10-11,13H2,1H3,(H2,21,22,24). The van der Waals surface area contributed by atoms with Gasteiger partial charge in [0.1, 0.15) is 6.33 Å². The van der Waals surface area contributed by atoms with Crippen LogP contribution in [0.3, 0.4) is 0 Å². The molecule has 0 fully saturated rings. The Morgan fingerprint density at radius 1 is 1.11 bits per heavy atom. The summed E-state index contributed by atoms with van der Waals surface area (Å²) in [6.07, 6.45) is 2.58. The molecule has 1 aliphatic rings. The van der Waals surface area contributed by atoms with Gasteiger partial charge in [0.15, 0.2) is 23.3 Å². The van der Waals surface area contributed by atoms with Crippen LogP contribution < -0.4 is 20.1 Å². The summed E-state index contributed by atoms with van der Waals surface area (Å²) in [5, 5.41) is 14.8. The summed E-state index contributed by atoms with van der Waals surface area (Å²) in [7, 11) is 1.72. The van der Waals surface area contributed by atoms with E-state index in [9.17, 15) is 0 Å². The summed E-state index contributed by atoms with van der Waals surface area (Å²) >= 11 is 0. The van der Waals surface area contributed by atoms with Crippen molar-refractivity contribution in [3.63, 3.8) is 0 Å². The van der Waals surface area contributed by atoms with E-state index < -0.39 is 0 Å². The number of guanidine groups is 1. The molecule has 8 heteroatoms. The maximum Gasteiger partial charge on any atom is 0.195 e. The zero-order chi connectivity index (χ0) is 19.2. The highest BCUT2D eigenvalue weighted by atomic mass is 16.5. The molecule has 144 valence electrons. The second kappa shape index (κ2) is 8.43. The molecule has 0 aliphatic carbocycles. The van der Waals surface area contributed by atoms with E-state index in [0.717, 1.165) is 35.1 Å². The molecule has 2 heterocycles. The second-order valence-electron chi connectivity index (χ2n) is 6.22. The van der Waals surface area contributed by atoms with Crippen molar-refractivity contribution in [3.8, 4) is 17.2 Å². The van der Waals surface area contributed by atoms with Crippen molar-refractivity contribution in [1.29, 1.82) is 0 Å². The number of aliphatic imine (C=N–C) groups is 1. The Kier molecular flexibility index (Phi) is 5.37. The molecule has 0 saturated heterocycles. The highest BCUT2D eigenvalue weighted by molar-refractivity contribution is 5.93. The summed E-state index contributed by atoms with van der Waals surface area (Å²) in [5.41, 5.74) is 1.87. The summed E-state index contributed by atoms with van der Waals surface area (Å²) in [4.78, 5) is 4.28. The van der Waals surface area contributed by atoms with Crippen molar-refractivity contribution in [2.24, 2.45) is 4.99 Å². The number of ether oxygens (including phenoxy) is 2. The van der Waals surface area contributed by atoms with Gasteiger partial charge in [0.05, 0.1) is 19.8 Å². The fourth-order valence-electron chi connectivity index (χ4n) is 2.90. The van der Waals surface area contributed by atoms with E-state index >= 15 is 0 Å². The molecule has 0 spiro atoms. The molecule has 0 bridgehead atoms. The third-order valence-electron chi connectivity index (χ3n) is 4.30. The molecule has 8 nitrogen and oxygen atoms in total. The minimum Gasteiger partial charge on any atom is -0.490 e. The predicted molar refractivity (Wildman–Crippen MR) is 107 cm³/mol. The number of nitrogens with one attached hydrogen (secondary N) is 2. The molecule has 1 aliphatic heterocycles. The number of hydrogen-bond acceptors (Lipinski definition) is 5. The van der Waals surface area contributed by atoms with Gasteiger partial charge >= 0.3 is 0 Å². The molecule has 0 saturated carbocycles. The summed E-state index contributed by atoms with van der Waals surface area (Å²) in [6, 6.07) is 15.7. The van der Waals surface area contributed by atoms with Gasteiger partial charge in [-0.1, -0.05) is 18.2 Å². The molecule has 28 heavy (non-hydrogen) atoms. The minimum atomic E-state index is 0.471. The van der Waals surface area contributed by atoms with E-state index in [1.165, 1.54) is 0 Å². The van der Waals surface area contributed by atoms with Crippen LogP contribution in [-0.4, -0.2) is 41.0 Å². The second-order valence-corrected chi connectivity index (χ2v) is 6.22. The topological polar surface area (TPSA) is 85.6 Å². The first-order chi connectivity index (χ1) is 13.8. The first-order valence-corrected chi connectivity index (χ1v) is 9.15. The number of aromatic nitrogens is 3. The average Bonchev–Trinajstić information content (AvgIpc) is 3.09. The SMILES string of the molecule is CN=C(NCc1nncn1-c1ccccc1)Nc1ccc2c(c1)OCCCO2. The zero-order valence-electron chi connectivity index (χ0n) is 15.6. The Morgan fingerprint density at radius 3 is 2.75 bits per heavy atom. The van der Waals surface area contributed by atoms with Crippen molar-refractivity contribution >= 4 is 11.6 Å². The van der Waals surface area contributed by atoms with Crippen molar-refractivity contribution in [3.05, 3.63) is 60.7 Å². The molecule has 2 aromatic carbocycles. The predicted octanol–water partition coefficient (Wildman–Crippen LogP) is 2.62. The van der Waals surface area contributed by atoms with Crippen molar-refractivity contribution in [2.45, 2.75) is 13.0 Å². The Morgan fingerprint density at radius 2 is 1.93 bits per heavy atom. The van der Waals surface area contributed by atoms with Gasteiger partial charge in [-0.2, -0.15) is 0 Å². The van der Waals surface area contributed by atoms with Gasteiger partial charge in [0.2, 0.25) is 0 Å². The first kappa shape index (κ1) is 17.8. The van der Waals surface area contributed by atoms with Gasteiger partial charge in [-0.3, -0.25) is 9.56 Å². The lowest BCUT2D eigenvalue weighted by Gasteiger charge is -2.14. The Balaban J connectivity index is 1.43. The van der Waals surface area contributed by atoms with Crippen molar-refractivity contribution in [2.75, 3.05) is 25.6 Å². The van der Waals surface area contributed by atoms with Crippen LogP contribution in [0.2, 0.25) is 0 Å². The van der Waals surface area contributed by atoms with E-state index in [0.29, 0.717) is 25.7 Å². The highest BCUT2D eigenvalue weighted by Crippen LogP contribution is 2.32. The number of para-hydroxylation sites is 1. The van der Waals surface area contributed by atoms with Crippen LogP contribution in [-0.2, 0) is 6.54 Å². The van der Waals surface area contributed by atoms with Crippen molar-refractivity contribution < 1.29 is 9.47 Å². The van der Waals surface area contributed by atoms with E-state index in [2.05, 4.69) is 25.8 Å². The number of benzene rings is 2. The van der Waals surface area contributed by atoms with Crippen LogP contribution in [0.1, 0.15) is 12.2 Å². The van der Waals surface area contributed by atoms with Gasteiger partial charge < -0.3 is 20.1 Å². The van der Waals surface area contributed by atoms with E-state index in [-0.39, 0.29) is 0 Å². The smallest absolute Gasteiger partial charge is 0.195 e. The van der Waals surface area contributed by atoms with Crippen LogP contribution in [0.25, 0.3) is 5.69 Å². The zero-order valence-corrected chi connectivity index (χ0v) is 15.6. The van der Waals surface area contributed by atoms with Crippen molar-refractivity contribution in [1.82, 2.24) is 20.1 Å². The molecule has 2 N–H and O–H groups in total. The van der Waals surface area contributed by atoms with Crippen LogP contribution in [0.4, 0.5) is 5.69 Å². The van der Waals surface area contributed by atoms with Crippen LogP contribution in [0.15, 0.2) is 59.9 Å². The fraction of sp³-hybridized carbons (Fsp3) is 0.250. The molecule has 0 radical (unpaired) electrons. The summed E-state index contributed by atoms with van der Waals surface area (Å²) in [6.45, 7) is 1.79. The minimum absolute atomic E-state index is 0.471. The van der Waals surface area contributed by atoms with Gasteiger partial charge in [-0.15, -0.1) is 10.2 Å². The van der Waals surface area contributed by atoms with Gasteiger partial charge in [0, 0.05) is 30.9 Å². The first-order valence-electron chi connectivity index (χ1n) is 9.15. The quantitative estimate of drug-likeness (QED) is 0.536. The number of rotatable bonds is 4. The molecule has 0 atom stereocenters. The molecular formula is C20H22N6O2. The van der Waals surface area contributed by atoms with Gasteiger partial charge in [-0.05, 0) is 24.3 Å². The lowest BCUT2D eigenvalue weighted by Crippen LogP contribution is -2.31. The number of anilines is 1. The molecular weight excluding hydrogens is 356 g/mol. The van der Waals surface area contributed by atoms with E-state index in [1.807, 2.05) is 53.1 Å². The Hall–Kier alpha value is -3.55. The normalized spacial score (nSPS) is 13.7. The third-order valence-corrected chi connectivity index (χ3v) is 4.30. The maximum atomic E-state index is 5.74. The lowest BCUT2D eigenvalue weighted by molar-refractivity contribution is 0.297. The highest BCUT2D eigenvalue weighted by Gasteiger charge is 2.12. The Bertz CT molecular complexity index is 954. The van der Waals surface area contributed by atoms with E-state index in [4.69, 9.17) is 9.47 Å². The van der Waals surface area contributed by atoms with Crippen LogP contribution >= 0.6 is 0 Å². The molecule has 0 unspecified atom stereocenters. The molecule has 4 rings (SSSR count). The van der Waals surface area contributed by atoms with Crippen LogP contribution in [0, 0.1) is 0 Å². The van der Waals surface area contributed by atoms with Crippen LogP contribution in [0.5, 0.6) is 11.5 Å². The maximum absolute atomic E-state index is 5.74. The monoisotopic (exact) mass is 378 g/mol. The third kappa shape index (κ3) is 4.06. The summed E-state index contributed by atoms with van der Waals surface area (Å²) in [5.74, 6) is 2.91. The summed E-state index contributed by atoms with van der Waals surface area (Å²) < 4.78 is 13.3. The number of hydrogen-bond donors (Lipinski definition) is 2. The van der Waals surface area contributed by atoms with E-state index in [1.54, 1.807) is 13.4 Å². The Labute approximate surface area is 163 Å². The lowest BCUT2D eigenvalue weighted by atomic mass is 10.3.